The Morgan fingerprint density at radius 3 is 2.68 bits per heavy atom. The van der Waals surface area contributed by atoms with E-state index in [1.807, 2.05) is 0 Å². The van der Waals surface area contributed by atoms with Crippen LogP contribution in [0.25, 0.3) is 0 Å². The average Bonchev–Trinajstić information content (AvgIpc) is 3.04. The molecule has 2 aromatic rings. The second-order valence-corrected chi connectivity index (χ2v) is 6.51. The maximum atomic E-state index is 12.5. The molecule has 0 spiro atoms. The number of hydrogen-bond donors (Lipinski definition) is 2. The molecule has 3 rings (SSSR count). The topological polar surface area (TPSA) is 130 Å². The first-order valence-corrected chi connectivity index (χ1v) is 8.46. The number of carboxylic acids is 1. The van der Waals surface area contributed by atoms with Crippen molar-refractivity contribution in [3.05, 3.63) is 63.7 Å². The summed E-state index contributed by atoms with van der Waals surface area (Å²) in [7, 11) is 0. The van der Waals surface area contributed by atoms with Crippen LogP contribution in [0.4, 0.5) is 17.1 Å². The Balaban J connectivity index is 1.75. The van der Waals surface area contributed by atoms with Gasteiger partial charge < -0.3 is 15.3 Å². The van der Waals surface area contributed by atoms with Crippen LogP contribution in [0.1, 0.15) is 22.3 Å². The summed E-state index contributed by atoms with van der Waals surface area (Å²) in [6.07, 6.45) is -0.0356. The molecule has 0 aromatic heterocycles. The summed E-state index contributed by atoms with van der Waals surface area (Å²) in [5, 5.41) is 22.8. The van der Waals surface area contributed by atoms with Gasteiger partial charge in [0.15, 0.2) is 0 Å². The number of aromatic carboxylic acids is 1. The molecule has 144 valence electrons. The van der Waals surface area contributed by atoms with Gasteiger partial charge in [0.1, 0.15) is 0 Å². The zero-order valence-electron chi connectivity index (χ0n) is 14.9. The average molecular weight is 383 g/mol. The Labute approximate surface area is 159 Å². The third-order valence-corrected chi connectivity index (χ3v) is 4.57. The summed E-state index contributed by atoms with van der Waals surface area (Å²) in [5.74, 6) is -2.49. The molecule has 28 heavy (non-hydrogen) atoms. The van der Waals surface area contributed by atoms with Gasteiger partial charge in [0, 0.05) is 30.3 Å². The standard InChI is InChI=1S/C19H17N3O6/c1-11-5-6-15(9-16(11)22(27)28)21-10-13(8-17(21)23)18(24)20-14-4-2-3-12(7-14)19(25)26/h2-7,9,13H,8,10H2,1H3,(H,20,24)(H,25,26)/t13-/m0/s1. The molecule has 1 fully saturated rings. The molecule has 2 amide bonds. The van der Waals surface area contributed by atoms with Crippen LogP contribution in [0.2, 0.25) is 0 Å². The highest BCUT2D eigenvalue weighted by Gasteiger charge is 2.35. The molecule has 0 bridgehead atoms. The van der Waals surface area contributed by atoms with Crippen molar-refractivity contribution in [2.24, 2.45) is 5.92 Å². The molecule has 1 aliphatic heterocycles. The SMILES string of the molecule is Cc1ccc(N2C[C@@H](C(=O)Nc3cccc(C(=O)O)c3)CC2=O)cc1[N+](=O)[O-]. The van der Waals surface area contributed by atoms with Crippen molar-refractivity contribution >= 4 is 34.8 Å². The van der Waals surface area contributed by atoms with E-state index >= 15 is 0 Å². The van der Waals surface area contributed by atoms with Crippen LogP contribution < -0.4 is 10.2 Å². The van der Waals surface area contributed by atoms with Crippen molar-refractivity contribution in [3.8, 4) is 0 Å². The Morgan fingerprint density at radius 1 is 1.25 bits per heavy atom. The zero-order valence-corrected chi connectivity index (χ0v) is 14.9. The third-order valence-electron chi connectivity index (χ3n) is 4.57. The molecule has 0 radical (unpaired) electrons. The fourth-order valence-corrected chi connectivity index (χ4v) is 3.07. The monoisotopic (exact) mass is 383 g/mol. The van der Waals surface area contributed by atoms with Crippen molar-refractivity contribution in [1.82, 2.24) is 0 Å². The zero-order chi connectivity index (χ0) is 20.4. The largest absolute Gasteiger partial charge is 0.478 e. The minimum absolute atomic E-state index is 0.0356. The number of hydrogen-bond acceptors (Lipinski definition) is 5. The number of nitro benzene ring substituents is 1. The van der Waals surface area contributed by atoms with Crippen LogP contribution in [0.3, 0.4) is 0 Å². The molecule has 1 aliphatic rings. The lowest BCUT2D eigenvalue weighted by Crippen LogP contribution is -2.28. The maximum absolute atomic E-state index is 12.5. The third kappa shape index (κ3) is 3.83. The van der Waals surface area contributed by atoms with Crippen molar-refractivity contribution in [2.75, 3.05) is 16.8 Å². The van der Waals surface area contributed by atoms with Crippen LogP contribution in [0, 0.1) is 23.0 Å². The van der Waals surface area contributed by atoms with E-state index in [1.54, 1.807) is 25.1 Å². The first kappa shape index (κ1) is 19.0. The van der Waals surface area contributed by atoms with Gasteiger partial charge in [-0.15, -0.1) is 0 Å². The molecule has 0 saturated carbocycles. The van der Waals surface area contributed by atoms with Gasteiger partial charge in [-0.2, -0.15) is 0 Å². The van der Waals surface area contributed by atoms with Gasteiger partial charge in [0.2, 0.25) is 11.8 Å². The van der Waals surface area contributed by atoms with Gasteiger partial charge in [-0.3, -0.25) is 19.7 Å². The quantitative estimate of drug-likeness (QED) is 0.603. The Kier molecular flexibility index (Phi) is 5.08. The number of nitrogens with zero attached hydrogens (tertiary/aromatic N) is 2. The molecule has 0 unspecified atom stereocenters. The number of benzene rings is 2. The summed E-state index contributed by atoms with van der Waals surface area (Å²) in [4.78, 5) is 47.8. The number of rotatable bonds is 5. The fraction of sp³-hybridized carbons (Fsp3) is 0.211. The summed E-state index contributed by atoms with van der Waals surface area (Å²) < 4.78 is 0. The number of carbonyl (C=O) groups is 3. The summed E-state index contributed by atoms with van der Waals surface area (Å²) in [5.41, 5.74) is 1.11. The van der Waals surface area contributed by atoms with E-state index in [4.69, 9.17) is 5.11 Å². The number of nitro groups is 1. The second-order valence-electron chi connectivity index (χ2n) is 6.51. The lowest BCUT2D eigenvalue weighted by atomic mass is 10.1. The fourth-order valence-electron chi connectivity index (χ4n) is 3.07. The first-order valence-electron chi connectivity index (χ1n) is 8.46. The highest BCUT2D eigenvalue weighted by Crippen LogP contribution is 2.30. The van der Waals surface area contributed by atoms with Gasteiger partial charge in [-0.25, -0.2) is 4.79 Å². The van der Waals surface area contributed by atoms with E-state index in [0.29, 0.717) is 16.9 Å². The lowest BCUT2D eigenvalue weighted by molar-refractivity contribution is -0.385. The van der Waals surface area contributed by atoms with Crippen LogP contribution in [-0.2, 0) is 9.59 Å². The summed E-state index contributed by atoms with van der Waals surface area (Å²) in [6, 6.07) is 10.3. The van der Waals surface area contributed by atoms with Crippen molar-refractivity contribution < 1.29 is 24.4 Å². The summed E-state index contributed by atoms with van der Waals surface area (Å²) >= 11 is 0. The van der Waals surface area contributed by atoms with Crippen LogP contribution in [-0.4, -0.2) is 34.4 Å². The van der Waals surface area contributed by atoms with Gasteiger partial charge in [0.25, 0.3) is 5.69 Å². The van der Waals surface area contributed by atoms with E-state index in [0.717, 1.165) is 0 Å². The Morgan fingerprint density at radius 2 is 2.00 bits per heavy atom. The van der Waals surface area contributed by atoms with Gasteiger partial charge in [0.05, 0.1) is 22.1 Å². The van der Waals surface area contributed by atoms with Crippen LogP contribution in [0.5, 0.6) is 0 Å². The van der Waals surface area contributed by atoms with E-state index in [2.05, 4.69) is 5.32 Å². The number of anilines is 2. The van der Waals surface area contributed by atoms with E-state index in [1.165, 1.54) is 29.2 Å². The molecule has 1 saturated heterocycles. The predicted octanol–water partition coefficient (Wildman–Crippen LogP) is 2.59. The second kappa shape index (κ2) is 7.47. The number of nitrogens with one attached hydrogen (secondary N) is 1. The van der Waals surface area contributed by atoms with Crippen LogP contribution >= 0.6 is 0 Å². The minimum Gasteiger partial charge on any atom is -0.478 e. The predicted molar refractivity (Wildman–Crippen MR) is 100 cm³/mol. The van der Waals surface area contributed by atoms with Crippen molar-refractivity contribution in [3.63, 3.8) is 0 Å². The maximum Gasteiger partial charge on any atom is 0.335 e. The number of amides is 2. The smallest absolute Gasteiger partial charge is 0.335 e. The lowest BCUT2D eigenvalue weighted by Gasteiger charge is -2.17. The van der Waals surface area contributed by atoms with Gasteiger partial charge in [-0.05, 0) is 31.2 Å². The highest BCUT2D eigenvalue weighted by molar-refractivity contribution is 6.04. The molecule has 2 N–H and O–H groups in total. The molecule has 0 aliphatic carbocycles. The molecular weight excluding hydrogens is 366 g/mol. The van der Waals surface area contributed by atoms with E-state index in [-0.39, 0.29) is 30.1 Å². The molecular formula is C19H17N3O6. The number of carbonyl (C=O) groups excluding carboxylic acids is 2. The number of carboxylic acid groups (broad SMARTS) is 1. The Hall–Kier alpha value is -3.75. The highest BCUT2D eigenvalue weighted by atomic mass is 16.6. The first-order chi connectivity index (χ1) is 13.3. The van der Waals surface area contributed by atoms with E-state index in [9.17, 15) is 24.5 Å². The molecule has 9 heteroatoms. The Bertz CT molecular complexity index is 987. The molecule has 2 aromatic carbocycles. The van der Waals surface area contributed by atoms with E-state index < -0.39 is 22.7 Å². The van der Waals surface area contributed by atoms with Gasteiger partial charge >= 0.3 is 5.97 Å². The molecule has 1 heterocycles. The van der Waals surface area contributed by atoms with Crippen LogP contribution in [0.15, 0.2) is 42.5 Å². The molecule has 9 nitrogen and oxygen atoms in total. The minimum atomic E-state index is -1.11. The summed E-state index contributed by atoms with van der Waals surface area (Å²) in [6.45, 7) is 1.69. The van der Waals surface area contributed by atoms with Crippen molar-refractivity contribution in [1.29, 1.82) is 0 Å². The number of aryl methyl sites for hydroxylation is 1. The van der Waals surface area contributed by atoms with Gasteiger partial charge in [-0.1, -0.05) is 12.1 Å². The van der Waals surface area contributed by atoms with Crippen molar-refractivity contribution in [2.45, 2.75) is 13.3 Å². The molecule has 1 atom stereocenters. The normalized spacial score (nSPS) is 16.1.